The van der Waals surface area contributed by atoms with E-state index >= 15 is 0 Å². The quantitative estimate of drug-likeness (QED) is 0.481. The van der Waals surface area contributed by atoms with Crippen LogP contribution in [0.4, 0.5) is 70.2 Å². The normalized spacial score (nSPS) is 16.2. The second kappa shape index (κ2) is 6.45. The van der Waals surface area contributed by atoms with Gasteiger partial charge in [-0.05, 0) is 0 Å². The Balaban J connectivity index is 5.84. The van der Waals surface area contributed by atoms with Crippen LogP contribution in [0.2, 0.25) is 0 Å². The molecule has 0 aliphatic heterocycles. The molecule has 0 bridgehead atoms. The highest BCUT2D eigenvalue weighted by molar-refractivity contribution is 4.97. The van der Waals surface area contributed by atoms with E-state index in [9.17, 15) is 70.2 Å². The standard InChI is InChI=1S/C8HF16O2/c9-1-2(10,11)25-7(21,22)8(23,24)26-6(19,20)4(14,15)3(12,13)5(16,17)18/h1H. The molecule has 0 rings (SSSR count). The number of hydrogen-bond donors (Lipinski definition) is 0. The van der Waals surface area contributed by atoms with Gasteiger partial charge in [0.1, 0.15) is 0 Å². The van der Waals surface area contributed by atoms with Crippen LogP contribution in [0.15, 0.2) is 0 Å². The summed E-state index contributed by atoms with van der Waals surface area (Å²) in [6, 6.07) is 0. The van der Waals surface area contributed by atoms with Gasteiger partial charge in [0.15, 0.2) is 0 Å². The molecule has 0 saturated heterocycles. The van der Waals surface area contributed by atoms with Gasteiger partial charge in [-0.1, -0.05) is 0 Å². The van der Waals surface area contributed by atoms with Gasteiger partial charge in [-0.3, -0.25) is 0 Å². The minimum atomic E-state index is -7.92. The number of rotatable bonds is 8. The van der Waals surface area contributed by atoms with E-state index in [1.54, 1.807) is 4.74 Å². The highest BCUT2D eigenvalue weighted by atomic mass is 19.4. The second-order valence-corrected chi connectivity index (χ2v) is 4.07. The molecule has 0 aromatic heterocycles. The maximum absolute atomic E-state index is 12.7. The van der Waals surface area contributed by atoms with Gasteiger partial charge in [0.05, 0.1) is 0 Å². The van der Waals surface area contributed by atoms with Crippen molar-refractivity contribution in [1.29, 1.82) is 0 Å². The second-order valence-electron chi connectivity index (χ2n) is 4.07. The van der Waals surface area contributed by atoms with Crippen LogP contribution in [0.5, 0.6) is 0 Å². The number of hydrogen-bond acceptors (Lipinski definition) is 2. The summed E-state index contributed by atoms with van der Waals surface area (Å²) in [6.07, 6.45) is -35.6. The van der Waals surface area contributed by atoms with Crippen molar-refractivity contribution in [3.05, 3.63) is 6.67 Å². The molecular weight excluding hydrogens is 432 g/mol. The maximum Gasteiger partial charge on any atom is 0.460 e. The van der Waals surface area contributed by atoms with Crippen molar-refractivity contribution in [3.8, 4) is 0 Å². The van der Waals surface area contributed by atoms with Crippen LogP contribution in [0.1, 0.15) is 0 Å². The van der Waals surface area contributed by atoms with E-state index in [0.717, 1.165) is 0 Å². The first kappa shape index (κ1) is 24.8. The third-order valence-electron chi connectivity index (χ3n) is 2.10. The van der Waals surface area contributed by atoms with Gasteiger partial charge in [0.25, 0.3) is 0 Å². The lowest BCUT2D eigenvalue weighted by molar-refractivity contribution is -0.540. The Morgan fingerprint density at radius 3 is 1.12 bits per heavy atom. The smallest absolute Gasteiger partial charge is 0.246 e. The molecule has 0 aromatic rings. The first-order chi connectivity index (χ1) is 11.0. The highest BCUT2D eigenvalue weighted by Crippen LogP contribution is 2.55. The Kier molecular flexibility index (Phi) is 6.15. The molecule has 0 aliphatic rings. The number of halogens is 16. The Bertz CT molecular complexity index is 493. The molecule has 0 fully saturated rings. The molecule has 0 atom stereocenters. The monoisotopic (exact) mass is 433 g/mol. The molecule has 0 aliphatic carbocycles. The van der Waals surface area contributed by atoms with E-state index in [0.29, 0.717) is 0 Å². The van der Waals surface area contributed by atoms with Crippen LogP contribution < -0.4 is 0 Å². The molecule has 2 nitrogen and oxygen atoms in total. The van der Waals surface area contributed by atoms with Crippen molar-refractivity contribution >= 4 is 0 Å². The molecule has 157 valence electrons. The van der Waals surface area contributed by atoms with Crippen LogP contribution >= 0.6 is 0 Å². The molecule has 26 heavy (non-hydrogen) atoms. The van der Waals surface area contributed by atoms with Crippen molar-refractivity contribution in [2.45, 2.75) is 42.5 Å². The topological polar surface area (TPSA) is 18.5 Å². The Morgan fingerprint density at radius 2 is 0.808 bits per heavy atom. The van der Waals surface area contributed by atoms with E-state index in [-0.39, 0.29) is 0 Å². The lowest BCUT2D eigenvalue weighted by Crippen LogP contribution is -2.64. The van der Waals surface area contributed by atoms with Crippen LogP contribution in [-0.2, 0) is 9.47 Å². The zero-order valence-corrected chi connectivity index (χ0v) is 10.9. The Hall–Kier alpha value is -1.20. The predicted molar refractivity (Wildman–Crippen MR) is 43.3 cm³/mol. The maximum atomic E-state index is 12.7. The first-order valence-corrected chi connectivity index (χ1v) is 5.16. The highest BCUT2D eigenvalue weighted by Gasteiger charge is 2.85. The van der Waals surface area contributed by atoms with Gasteiger partial charge >= 0.3 is 42.5 Å². The third kappa shape index (κ3) is 4.37. The fourth-order valence-electron chi connectivity index (χ4n) is 0.898. The van der Waals surface area contributed by atoms with E-state index in [4.69, 9.17) is 0 Å². The molecule has 0 heterocycles. The van der Waals surface area contributed by atoms with Crippen LogP contribution in [0.25, 0.3) is 0 Å². The summed E-state index contributed by atoms with van der Waals surface area (Å²) < 4.78 is 199. The summed E-state index contributed by atoms with van der Waals surface area (Å²) in [5.74, 6) is -15.7. The summed E-state index contributed by atoms with van der Waals surface area (Å²) in [7, 11) is 0. The molecule has 0 saturated carbocycles. The number of alkyl halides is 15. The average Bonchev–Trinajstić information content (AvgIpc) is 2.34. The van der Waals surface area contributed by atoms with Gasteiger partial charge in [-0.2, -0.15) is 65.9 Å². The van der Waals surface area contributed by atoms with E-state index in [1.165, 1.54) is 4.74 Å². The van der Waals surface area contributed by atoms with Crippen molar-refractivity contribution in [2.24, 2.45) is 0 Å². The summed E-state index contributed by atoms with van der Waals surface area (Å²) in [6.45, 7) is -2.15. The molecule has 0 unspecified atom stereocenters. The minimum absolute atomic E-state index is 1.29. The van der Waals surface area contributed by atoms with Gasteiger partial charge in [-0.25, -0.2) is 13.9 Å². The Labute approximate surface area is 130 Å². The summed E-state index contributed by atoms with van der Waals surface area (Å²) in [5.41, 5.74) is 0. The van der Waals surface area contributed by atoms with Gasteiger partial charge < -0.3 is 0 Å². The fraction of sp³-hybridized carbons (Fsp3) is 0.875. The molecule has 1 radical (unpaired) electrons. The van der Waals surface area contributed by atoms with Crippen molar-refractivity contribution in [1.82, 2.24) is 0 Å². The molecule has 0 N–H and O–H groups in total. The van der Waals surface area contributed by atoms with E-state index in [1.807, 2.05) is 0 Å². The van der Waals surface area contributed by atoms with E-state index in [2.05, 4.69) is 0 Å². The lowest BCUT2D eigenvalue weighted by atomic mass is 10.1. The molecule has 18 heteroatoms. The van der Waals surface area contributed by atoms with Crippen LogP contribution in [0.3, 0.4) is 0 Å². The van der Waals surface area contributed by atoms with Crippen LogP contribution in [-0.4, -0.2) is 42.5 Å². The van der Waals surface area contributed by atoms with Gasteiger partial charge in [-0.15, -0.1) is 0 Å². The van der Waals surface area contributed by atoms with Gasteiger partial charge in [0, 0.05) is 0 Å². The zero-order valence-electron chi connectivity index (χ0n) is 10.9. The van der Waals surface area contributed by atoms with E-state index < -0.39 is 49.1 Å². The Morgan fingerprint density at radius 1 is 0.462 bits per heavy atom. The van der Waals surface area contributed by atoms with Gasteiger partial charge in [0.2, 0.25) is 6.67 Å². The average molecular weight is 433 g/mol. The first-order valence-electron chi connectivity index (χ1n) is 5.16. The summed E-state index contributed by atoms with van der Waals surface area (Å²) in [5, 5.41) is 0. The minimum Gasteiger partial charge on any atom is -0.246 e. The fourth-order valence-corrected chi connectivity index (χ4v) is 0.898. The van der Waals surface area contributed by atoms with Crippen molar-refractivity contribution in [3.63, 3.8) is 0 Å². The molecule has 0 amide bonds. The summed E-state index contributed by atoms with van der Waals surface area (Å²) >= 11 is 0. The molecule has 0 aromatic carbocycles. The third-order valence-corrected chi connectivity index (χ3v) is 2.10. The van der Waals surface area contributed by atoms with Crippen LogP contribution in [0, 0.1) is 6.67 Å². The van der Waals surface area contributed by atoms with Crippen molar-refractivity contribution in [2.75, 3.05) is 0 Å². The lowest BCUT2D eigenvalue weighted by Gasteiger charge is -2.36. The molecular formula is C8HF16O2. The largest absolute Gasteiger partial charge is 0.460 e. The molecule has 0 spiro atoms. The SMILES string of the molecule is F[CH]C(F)(F)OC(F)(F)C(F)(F)OC(F)(F)C(F)(F)C(F)(F)C(F)(F)F. The zero-order chi connectivity index (χ0) is 21.6. The number of ether oxygens (including phenoxy) is 2. The summed E-state index contributed by atoms with van der Waals surface area (Å²) in [4.78, 5) is 0. The van der Waals surface area contributed by atoms with Crippen molar-refractivity contribution < 1.29 is 79.7 Å². The predicted octanol–water partition coefficient (Wildman–Crippen LogP) is 5.35.